The van der Waals surface area contributed by atoms with Gasteiger partial charge in [0, 0.05) is 23.0 Å². The molecule has 7 heteroatoms. The van der Waals surface area contributed by atoms with Gasteiger partial charge in [0.15, 0.2) is 10.7 Å². The molecule has 2 N–H and O–H groups in total. The molecule has 0 saturated carbocycles. The van der Waals surface area contributed by atoms with Crippen LogP contribution < -0.4 is 5.32 Å². The third-order valence-corrected chi connectivity index (χ3v) is 2.91. The van der Waals surface area contributed by atoms with Crippen molar-refractivity contribution in [3.8, 4) is 0 Å². The molecule has 0 aliphatic rings. The maximum Gasteiger partial charge on any atom is 0.355 e. The monoisotopic (exact) mass is 263 g/mol. The predicted molar refractivity (Wildman–Crippen MR) is 66.0 cm³/mol. The first-order chi connectivity index (χ1) is 8.56. The van der Waals surface area contributed by atoms with E-state index in [1.54, 1.807) is 18.3 Å². The lowest BCUT2D eigenvalue weighted by Gasteiger charge is -2.02. The molecule has 2 aromatic heterocycles. The van der Waals surface area contributed by atoms with E-state index in [-0.39, 0.29) is 10.7 Å². The van der Waals surface area contributed by atoms with Gasteiger partial charge < -0.3 is 10.4 Å². The Kier molecular flexibility index (Phi) is 3.33. The van der Waals surface area contributed by atoms with E-state index in [1.807, 2.05) is 6.92 Å². The maximum absolute atomic E-state index is 11.8. The molecule has 0 unspecified atom stereocenters. The van der Waals surface area contributed by atoms with E-state index in [0.29, 0.717) is 5.69 Å². The molecule has 0 saturated heterocycles. The van der Waals surface area contributed by atoms with Crippen LogP contribution in [0.1, 0.15) is 26.0 Å². The van der Waals surface area contributed by atoms with E-state index in [0.717, 1.165) is 17.0 Å². The van der Waals surface area contributed by atoms with E-state index >= 15 is 0 Å². The molecule has 0 fully saturated rings. The number of thiazole rings is 1. The quantitative estimate of drug-likeness (QED) is 0.880. The first-order valence-electron chi connectivity index (χ1n) is 4.99. The van der Waals surface area contributed by atoms with Gasteiger partial charge in [0.2, 0.25) is 0 Å². The predicted octanol–water partition coefficient (Wildman–Crippen LogP) is 1.80. The molecule has 0 bridgehead atoms. The minimum Gasteiger partial charge on any atom is -0.476 e. The summed E-state index contributed by atoms with van der Waals surface area (Å²) in [5.41, 5.74) is 1.24. The number of anilines is 1. The first-order valence-corrected chi connectivity index (χ1v) is 5.87. The average Bonchev–Trinajstić information content (AvgIpc) is 2.78. The molecule has 92 valence electrons. The highest BCUT2D eigenvalue weighted by Gasteiger charge is 2.14. The lowest BCUT2D eigenvalue weighted by atomic mass is 10.3. The molecule has 0 aliphatic heterocycles. The van der Waals surface area contributed by atoms with Crippen LogP contribution in [0.3, 0.4) is 0 Å². The zero-order valence-electron chi connectivity index (χ0n) is 9.38. The highest BCUT2D eigenvalue weighted by Crippen LogP contribution is 2.13. The molecule has 0 spiro atoms. The third-order valence-electron chi connectivity index (χ3n) is 2.07. The van der Waals surface area contributed by atoms with Crippen LogP contribution in [0, 0.1) is 6.92 Å². The van der Waals surface area contributed by atoms with Gasteiger partial charge in [-0.1, -0.05) is 0 Å². The summed E-state index contributed by atoms with van der Waals surface area (Å²) in [6.45, 7) is 1.81. The van der Waals surface area contributed by atoms with Crippen molar-refractivity contribution in [2.24, 2.45) is 0 Å². The van der Waals surface area contributed by atoms with Crippen LogP contribution in [-0.4, -0.2) is 27.0 Å². The molecular weight excluding hydrogens is 254 g/mol. The number of amides is 1. The number of aromatic carboxylic acids is 1. The van der Waals surface area contributed by atoms with Gasteiger partial charge in [-0.2, -0.15) is 0 Å². The lowest BCUT2D eigenvalue weighted by molar-refractivity contribution is 0.0691. The molecule has 0 atom stereocenters. The molecule has 0 aliphatic carbocycles. The standard InChI is InChI=1S/C11H9N3O3S/c1-6-4-7(2-3-12-6)13-9(15)10-14-8(5-18-10)11(16)17/h2-5H,1H3,(H,16,17)(H,12,13,15). The van der Waals surface area contributed by atoms with Gasteiger partial charge in [0.05, 0.1) is 0 Å². The molecule has 18 heavy (non-hydrogen) atoms. The number of aromatic nitrogens is 2. The molecule has 2 aromatic rings. The van der Waals surface area contributed by atoms with Crippen LogP contribution in [-0.2, 0) is 0 Å². The number of nitrogens with zero attached hydrogens (tertiary/aromatic N) is 2. The number of carbonyl (C=O) groups excluding carboxylic acids is 1. The van der Waals surface area contributed by atoms with Gasteiger partial charge in [-0.15, -0.1) is 11.3 Å². The number of aryl methyl sites for hydroxylation is 1. The topological polar surface area (TPSA) is 92.2 Å². The van der Waals surface area contributed by atoms with Crippen molar-refractivity contribution in [3.63, 3.8) is 0 Å². The van der Waals surface area contributed by atoms with Crippen LogP contribution in [0.4, 0.5) is 5.69 Å². The van der Waals surface area contributed by atoms with E-state index in [9.17, 15) is 9.59 Å². The normalized spacial score (nSPS) is 10.1. The van der Waals surface area contributed by atoms with Gasteiger partial charge in [-0.05, 0) is 19.1 Å². The second-order valence-corrected chi connectivity index (χ2v) is 4.34. The summed E-state index contributed by atoms with van der Waals surface area (Å²) in [7, 11) is 0. The van der Waals surface area contributed by atoms with Crippen molar-refractivity contribution in [1.29, 1.82) is 0 Å². The van der Waals surface area contributed by atoms with Gasteiger partial charge in [-0.3, -0.25) is 9.78 Å². The largest absolute Gasteiger partial charge is 0.476 e. The number of hydrogen-bond donors (Lipinski definition) is 2. The van der Waals surface area contributed by atoms with Crippen molar-refractivity contribution in [3.05, 3.63) is 40.1 Å². The summed E-state index contributed by atoms with van der Waals surface area (Å²) in [5, 5.41) is 12.8. The van der Waals surface area contributed by atoms with Crippen molar-refractivity contribution in [2.45, 2.75) is 6.92 Å². The fourth-order valence-electron chi connectivity index (χ4n) is 1.28. The highest BCUT2D eigenvalue weighted by atomic mass is 32.1. The van der Waals surface area contributed by atoms with Crippen molar-refractivity contribution in [2.75, 3.05) is 5.32 Å². The smallest absolute Gasteiger partial charge is 0.355 e. The Hall–Kier alpha value is -2.28. The number of nitrogens with one attached hydrogen (secondary N) is 1. The van der Waals surface area contributed by atoms with Gasteiger partial charge in [0.1, 0.15) is 0 Å². The SMILES string of the molecule is Cc1cc(NC(=O)c2nc(C(=O)O)cs2)ccn1. The van der Waals surface area contributed by atoms with Crippen LogP contribution in [0.25, 0.3) is 0 Å². The van der Waals surface area contributed by atoms with Crippen LogP contribution in [0.5, 0.6) is 0 Å². The Balaban J connectivity index is 2.14. The Morgan fingerprint density at radius 1 is 1.44 bits per heavy atom. The number of carbonyl (C=O) groups is 2. The number of pyridine rings is 1. The van der Waals surface area contributed by atoms with Gasteiger partial charge in [0.25, 0.3) is 5.91 Å². The van der Waals surface area contributed by atoms with E-state index in [2.05, 4.69) is 15.3 Å². The fourth-order valence-corrected chi connectivity index (χ4v) is 1.97. The number of carboxylic acids is 1. The Labute approximate surface area is 106 Å². The van der Waals surface area contributed by atoms with Gasteiger partial charge >= 0.3 is 5.97 Å². The number of hydrogen-bond acceptors (Lipinski definition) is 5. The van der Waals surface area contributed by atoms with E-state index in [1.165, 1.54) is 5.38 Å². The average molecular weight is 263 g/mol. The zero-order valence-corrected chi connectivity index (χ0v) is 10.2. The molecule has 0 radical (unpaired) electrons. The zero-order chi connectivity index (χ0) is 13.1. The minimum absolute atomic E-state index is 0.113. The second-order valence-electron chi connectivity index (χ2n) is 3.48. The highest BCUT2D eigenvalue weighted by molar-refractivity contribution is 7.12. The summed E-state index contributed by atoms with van der Waals surface area (Å²) in [6.07, 6.45) is 1.58. The fraction of sp³-hybridized carbons (Fsp3) is 0.0909. The second kappa shape index (κ2) is 4.92. The van der Waals surface area contributed by atoms with Crippen molar-refractivity contribution < 1.29 is 14.7 Å². The van der Waals surface area contributed by atoms with Crippen LogP contribution >= 0.6 is 11.3 Å². The molecule has 0 aromatic carbocycles. The summed E-state index contributed by atoms with van der Waals surface area (Å²) >= 11 is 0.990. The third kappa shape index (κ3) is 2.69. The molecule has 2 heterocycles. The number of rotatable bonds is 3. The van der Waals surface area contributed by atoms with Crippen LogP contribution in [0.2, 0.25) is 0 Å². The van der Waals surface area contributed by atoms with Crippen molar-refractivity contribution >= 4 is 28.9 Å². The Morgan fingerprint density at radius 3 is 2.83 bits per heavy atom. The molecule has 1 amide bonds. The minimum atomic E-state index is -1.15. The summed E-state index contributed by atoms with van der Waals surface area (Å²) < 4.78 is 0. The van der Waals surface area contributed by atoms with E-state index in [4.69, 9.17) is 5.11 Å². The number of carboxylic acid groups (broad SMARTS) is 1. The summed E-state index contributed by atoms with van der Waals surface area (Å²) in [6, 6.07) is 3.36. The van der Waals surface area contributed by atoms with Crippen molar-refractivity contribution in [1.82, 2.24) is 9.97 Å². The lowest BCUT2D eigenvalue weighted by Crippen LogP contribution is -2.12. The Morgan fingerprint density at radius 2 is 2.22 bits per heavy atom. The summed E-state index contributed by atoms with van der Waals surface area (Å²) in [4.78, 5) is 30.2. The van der Waals surface area contributed by atoms with E-state index < -0.39 is 11.9 Å². The summed E-state index contributed by atoms with van der Waals surface area (Å²) in [5.74, 6) is -1.58. The molecular formula is C11H9N3O3S. The first kappa shape index (κ1) is 12.2. The Bertz CT molecular complexity index is 609. The molecule has 6 nitrogen and oxygen atoms in total. The molecule has 2 rings (SSSR count). The maximum atomic E-state index is 11.8. The van der Waals surface area contributed by atoms with Crippen LogP contribution in [0.15, 0.2) is 23.7 Å². The van der Waals surface area contributed by atoms with Gasteiger partial charge in [-0.25, -0.2) is 9.78 Å².